The fourth-order valence-electron chi connectivity index (χ4n) is 1.45. The average molecular weight is 269 g/mol. The highest BCUT2D eigenvalue weighted by Gasteiger charge is 2.14. The summed E-state index contributed by atoms with van der Waals surface area (Å²) < 4.78 is 5.69. The van der Waals surface area contributed by atoms with E-state index in [1.807, 2.05) is 6.92 Å². The minimum atomic E-state index is -0.540. The lowest BCUT2D eigenvalue weighted by Gasteiger charge is -2.07. The third kappa shape index (κ3) is 2.78. The van der Waals surface area contributed by atoms with Gasteiger partial charge < -0.3 is 5.32 Å². The van der Waals surface area contributed by atoms with Crippen molar-refractivity contribution < 1.29 is 14.0 Å². The average Bonchev–Trinajstić information content (AvgIpc) is 2.70. The monoisotopic (exact) mass is 268 g/mol. The Balaban J connectivity index is 2.07. The van der Waals surface area contributed by atoms with Gasteiger partial charge in [0.05, 0.1) is 0 Å². The molecule has 1 aromatic carbocycles. The van der Waals surface area contributed by atoms with E-state index in [1.165, 1.54) is 4.68 Å². The Morgan fingerprint density at radius 2 is 2.33 bits per heavy atom. The Kier molecular flexibility index (Phi) is 3.47. The van der Waals surface area contributed by atoms with Gasteiger partial charge in [-0.25, -0.2) is 4.79 Å². The maximum Gasteiger partial charge on any atom is 0.426 e. The molecule has 0 radical (unpaired) electrons. The molecule has 0 aliphatic carbocycles. The van der Waals surface area contributed by atoms with E-state index < -0.39 is 5.63 Å². The van der Waals surface area contributed by atoms with Crippen LogP contribution in [-0.2, 0) is 11.3 Å². The predicted molar refractivity (Wildman–Crippen MR) is 64.3 cm³/mol. The van der Waals surface area contributed by atoms with E-state index in [2.05, 4.69) is 15.1 Å². The topological polar surface area (TPSA) is 79.0 Å². The minimum absolute atomic E-state index is 0.0440. The lowest BCUT2D eigenvalue weighted by Crippen LogP contribution is -2.41. The van der Waals surface area contributed by atoms with Gasteiger partial charge in [0.1, 0.15) is 0 Å². The highest BCUT2D eigenvalue weighted by molar-refractivity contribution is 6.31. The summed E-state index contributed by atoms with van der Waals surface area (Å²) in [6, 6.07) is 5.24. The molecule has 1 amide bonds. The molecule has 7 heteroatoms. The first-order valence-corrected chi connectivity index (χ1v) is 5.57. The van der Waals surface area contributed by atoms with Gasteiger partial charge in [0.25, 0.3) is 18.6 Å². The number of amides is 1. The van der Waals surface area contributed by atoms with Crippen molar-refractivity contribution in [2.45, 2.75) is 13.5 Å². The number of carbonyl (C=O) groups excluding carboxylic acids is 1. The van der Waals surface area contributed by atoms with Crippen LogP contribution in [0, 0.1) is 6.92 Å². The standard InChI is InChI=1S/C11H10ClN3O3/c1-7-8(12)3-2-4-9(7)13-10(16)5-15-6-11(17)18-14-15/h2-4,6H,5H2,1H3,(H-,13,14,16,17)/p+1. The smallest absolute Gasteiger partial charge is 0.320 e. The molecule has 94 valence electrons. The van der Waals surface area contributed by atoms with Gasteiger partial charge in [0, 0.05) is 10.7 Å². The van der Waals surface area contributed by atoms with Gasteiger partial charge in [0.15, 0.2) is 0 Å². The molecular weight excluding hydrogens is 258 g/mol. The van der Waals surface area contributed by atoms with Crippen molar-refractivity contribution in [1.82, 2.24) is 5.27 Å². The summed E-state index contributed by atoms with van der Waals surface area (Å²) >= 11 is 5.94. The molecule has 0 aliphatic rings. The van der Waals surface area contributed by atoms with Crippen LogP contribution >= 0.6 is 11.6 Å². The summed E-state index contributed by atoms with van der Waals surface area (Å²) in [5.74, 6) is -0.289. The van der Waals surface area contributed by atoms with Crippen LogP contribution in [0.4, 0.5) is 5.69 Å². The van der Waals surface area contributed by atoms with Crippen molar-refractivity contribution in [2.75, 3.05) is 5.32 Å². The summed E-state index contributed by atoms with van der Waals surface area (Å²) in [6.07, 6.45) is 1.16. The summed E-state index contributed by atoms with van der Waals surface area (Å²) in [7, 11) is 0. The molecule has 1 aromatic heterocycles. The molecule has 0 fully saturated rings. The maximum atomic E-state index is 11.7. The first-order chi connectivity index (χ1) is 8.56. The number of halogens is 1. The van der Waals surface area contributed by atoms with E-state index in [0.717, 1.165) is 11.8 Å². The van der Waals surface area contributed by atoms with Gasteiger partial charge in [-0.2, -0.15) is 0 Å². The second-order valence-electron chi connectivity index (χ2n) is 3.73. The molecule has 18 heavy (non-hydrogen) atoms. The van der Waals surface area contributed by atoms with Crippen LogP contribution < -0.4 is 15.6 Å². The van der Waals surface area contributed by atoms with Crippen molar-refractivity contribution in [3.8, 4) is 0 Å². The lowest BCUT2D eigenvalue weighted by atomic mass is 10.2. The molecular formula is C11H11ClN3O3+. The van der Waals surface area contributed by atoms with E-state index in [4.69, 9.17) is 11.6 Å². The Labute approximate surface area is 107 Å². The van der Waals surface area contributed by atoms with Gasteiger partial charge in [-0.15, -0.1) is 0 Å². The van der Waals surface area contributed by atoms with E-state index >= 15 is 0 Å². The predicted octanol–water partition coefficient (Wildman–Crippen LogP) is 0.856. The van der Waals surface area contributed by atoms with Gasteiger partial charge in [-0.3, -0.25) is 9.32 Å². The number of aromatic nitrogens is 2. The number of hydrogen-bond donors (Lipinski definition) is 2. The molecule has 0 bridgehead atoms. The van der Waals surface area contributed by atoms with E-state index in [-0.39, 0.29) is 12.5 Å². The van der Waals surface area contributed by atoms with Crippen LogP contribution in [0.5, 0.6) is 0 Å². The zero-order valence-electron chi connectivity index (χ0n) is 9.57. The van der Waals surface area contributed by atoms with Crippen molar-refractivity contribution in [2.24, 2.45) is 0 Å². The molecule has 0 spiro atoms. The minimum Gasteiger partial charge on any atom is -0.320 e. The van der Waals surface area contributed by atoms with Crippen LogP contribution in [-0.4, -0.2) is 11.2 Å². The summed E-state index contributed by atoms with van der Waals surface area (Å²) in [4.78, 5) is 22.5. The fraction of sp³-hybridized carbons (Fsp3) is 0.182. The molecule has 0 aliphatic heterocycles. The largest absolute Gasteiger partial charge is 0.426 e. The number of nitrogens with zero attached hydrogens (tertiary/aromatic N) is 1. The SMILES string of the molecule is Cc1c(Cl)cccc1NC(=O)C[n+]1cc(=O)o[nH]1. The summed E-state index contributed by atoms with van der Waals surface area (Å²) in [6.45, 7) is 1.77. The third-order valence-corrected chi connectivity index (χ3v) is 2.79. The zero-order valence-corrected chi connectivity index (χ0v) is 10.3. The molecule has 2 rings (SSSR count). The summed E-state index contributed by atoms with van der Waals surface area (Å²) in [5.41, 5.74) is 0.888. The summed E-state index contributed by atoms with van der Waals surface area (Å²) in [5, 5.41) is 5.57. The molecule has 0 atom stereocenters. The number of nitrogens with one attached hydrogen (secondary N) is 2. The third-order valence-electron chi connectivity index (χ3n) is 2.38. The van der Waals surface area contributed by atoms with Crippen molar-refractivity contribution in [3.63, 3.8) is 0 Å². The Hall–Kier alpha value is -2.08. The number of benzene rings is 1. The van der Waals surface area contributed by atoms with Crippen LogP contribution in [0.3, 0.4) is 0 Å². The number of H-pyrrole nitrogens is 1. The van der Waals surface area contributed by atoms with E-state index in [9.17, 15) is 9.59 Å². The first-order valence-electron chi connectivity index (χ1n) is 5.19. The van der Waals surface area contributed by atoms with Gasteiger partial charge >= 0.3 is 5.63 Å². The lowest BCUT2D eigenvalue weighted by molar-refractivity contribution is -0.750. The molecule has 0 saturated carbocycles. The van der Waals surface area contributed by atoms with Crippen molar-refractivity contribution in [3.05, 3.63) is 45.4 Å². The van der Waals surface area contributed by atoms with E-state index in [0.29, 0.717) is 10.7 Å². The quantitative estimate of drug-likeness (QED) is 0.810. The number of carbonyl (C=O) groups is 1. The van der Waals surface area contributed by atoms with Crippen LogP contribution in [0.15, 0.2) is 33.7 Å². The molecule has 0 unspecified atom stereocenters. The van der Waals surface area contributed by atoms with Crippen LogP contribution in [0.1, 0.15) is 5.56 Å². The van der Waals surface area contributed by atoms with Crippen molar-refractivity contribution in [1.29, 1.82) is 0 Å². The highest BCUT2D eigenvalue weighted by atomic mass is 35.5. The first kappa shape index (κ1) is 12.4. The van der Waals surface area contributed by atoms with Gasteiger partial charge in [0.2, 0.25) is 0 Å². The number of rotatable bonds is 3. The Morgan fingerprint density at radius 3 is 3.00 bits per heavy atom. The van der Waals surface area contributed by atoms with Gasteiger partial charge in [-0.1, -0.05) is 22.3 Å². The van der Waals surface area contributed by atoms with Crippen LogP contribution in [0.25, 0.3) is 0 Å². The Morgan fingerprint density at radius 1 is 1.56 bits per heavy atom. The molecule has 1 heterocycles. The highest BCUT2D eigenvalue weighted by Crippen LogP contribution is 2.22. The zero-order chi connectivity index (χ0) is 13.1. The second-order valence-corrected chi connectivity index (χ2v) is 4.14. The fourth-order valence-corrected chi connectivity index (χ4v) is 1.62. The number of anilines is 1. The second kappa shape index (κ2) is 5.05. The Bertz CT molecular complexity index is 632. The van der Waals surface area contributed by atoms with E-state index in [1.54, 1.807) is 18.2 Å². The van der Waals surface area contributed by atoms with Crippen molar-refractivity contribution >= 4 is 23.2 Å². The molecule has 0 saturated heterocycles. The number of aromatic amines is 1. The van der Waals surface area contributed by atoms with Gasteiger partial charge in [-0.05, 0) is 29.9 Å². The van der Waals surface area contributed by atoms with Crippen LogP contribution in [0.2, 0.25) is 5.02 Å². The number of hydrogen-bond acceptors (Lipinski definition) is 3. The normalized spacial score (nSPS) is 10.3. The molecule has 2 N–H and O–H groups in total. The molecule has 2 aromatic rings. The molecule has 6 nitrogen and oxygen atoms in total. The maximum absolute atomic E-state index is 11.7.